The second-order valence-electron chi connectivity index (χ2n) is 4.92. The van der Waals surface area contributed by atoms with Crippen molar-refractivity contribution in [1.82, 2.24) is 4.90 Å². The quantitative estimate of drug-likeness (QED) is 0.367. The van der Waals surface area contributed by atoms with E-state index in [1.165, 1.54) is 0 Å². The van der Waals surface area contributed by atoms with E-state index in [-0.39, 0.29) is 21.9 Å². The van der Waals surface area contributed by atoms with Crippen LogP contribution < -0.4 is 0 Å². The highest BCUT2D eigenvalue weighted by atomic mass is 127. The molecule has 1 aliphatic carbocycles. The predicted molar refractivity (Wildman–Crippen MR) is 77.6 cm³/mol. The van der Waals surface area contributed by atoms with Gasteiger partial charge < -0.3 is 9.64 Å². The Morgan fingerprint density at radius 3 is 3.17 bits per heavy atom. The summed E-state index contributed by atoms with van der Waals surface area (Å²) in [6.45, 7) is 0.708. The Morgan fingerprint density at radius 2 is 2.44 bits per heavy atom. The minimum absolute atomic E-state index is 0.0131. The molecule has 2 aliphatic heterocycles. The average Bonchev–Trinajstić information content (AvgIpc) is 2.54. The third-order valence-corrected chi connectivity index (χ3v) is 6.42. The van der Waals surface area contributed by atoms with Crippen molar-refractivity contribution in [2.75, 3.05) is 11.9 Å². The maximum absolute atomic E-state index is 12.3. The van der Waals surface area contributed by atoms with E-state index < -0.39 is 5.41 Å². The molecule has 0 aromatic heterocycles. The molecule has 2 fully saturated rings. The van der Waals surface area contributed by atoms with Crippen molar-refractivity contribution in [3.63, 3.8) is 0 Å². The molecular weight excluding hydrogens is 413 g/mol. The highest BCUT2D eigenvalue weighted by molar-refractivity contribution is 14.1. The van der Waals surface area contributed by atoms with Crippen LogP contribution >= 0.6 is 38.5 Å². The number of hydrogen-bond donors (Lipinski definition) is 0. The predicted octanol–water partition coefficient (Wildman–Crippen LogP) is 2.01. The van der Waals surface area contributed by atoms with Crippen LogP contribution in [0, 0.1) is 5.41 Å². The van der Waals surface area contributed by atoms with E-state index in [9.17, 15) is 9.59 Å². The van der Waals surface area contributed by atoms with Gasteiger partial charge in [0.25, 0.3) is 0 Å². The lowest BCUT2D eigenvalue weighted by Gasteiger charge is -2.44. The first-order chi connectivity index (χ1) is 8.61. The summed E-state index contributed by atoms with van der Waals surface area (Å²) in [6.07, 6.45) is 4.40. The number of hydrogen-bond acceptors (Lipinski definition) is 3. The van der Waals surface area contributed by atoms with Crippen LogP contribution in [-0.2, 0) is 14.3 Å². The van der Waals surface area contributed by atoms with Gasteiger partial charge in [-0.05, 0) is 12.8 Å². The van der Waals surface area contributed by atoms with E-state index in [1.54, 1.807) is 4.90 Å². The largest absolute Gasteiger partial charge is 0.460 e. The van der Waals surface area contributed by atoms with Crippen LogP contribution in [-0.4, -0.2) is 38.7 Å². The number of rotatable bonds is 1. The zero-order valence-electron chi connectivity index (χ0n) is 9.70. The maximum atomic E-state index is 12.3. The van der Waals surface area contributed by atoms with Gasteiger partial charge >= 0.3 is 5.97 Å². The van der Waals surface area contributed by atoms with Crippen molar-refractivity contribution >= 4 is 50.4 Å². The zero-order chi connectivity index (χ0) is 12.9. The van der Waals surface area contributed by atoms with Crippen molar-refractivity contribution in [3.05, 3.63) is 11.8 Å². The standard InChI is InChI=1S/C12H13BrINO3/c13-6-9(16)15-5-1-4-12-8(15)3-2-7(10(12)14)18-11(12)17/h3,7,10H,1-2,4-6H2/t7-,10+,12+/m1/s1. The lowest BCUT2D eigenvalue weighted by Crippen LogP contribution is -2.51. The van der Waals surface area contributed by atoms with Crippen molar-refractivity contribution in [3.8, 4) is 0 Å². The molecule has 3 atom stereocenters. The summed E-state index contributed by atoms with van der Waals surface area (Å²) in [6, 6.07) is 0. The molecule has 3 rings (SSSR count). The number of alkyl halides is 2. The topological polar surface area (TPSA) is 46.6 Å². The number of carbonyl (C=O) groups excluding carboxylic acids is 2. The molecule has 2 heterocycles. The van der Waals surface area contributed by atoms with Gasteiger partial charge in [0.05, 0.1) is 9.25 Å². The molecule has 2 bridgehead atoms. The number of ether oxygens (including phenoxy) is 1. The van der Waals surface area contributed by atoms with E-state index in [0.717, 1.165) is 25.0 Å². The number of fused-ring (bicyclic) bond motifs is 1. The third kappa shape index (κ3) is 1.54. The Bertz CT molecular complexity index is 453. The van der Waals surface area contributed by atoms with Crippen molar-refractivity contribution in [2.45, 2.75) is 29.3 Å². The van der Waals surface area contributed by atoms with Crippen molar-refractivity contribution < 1.29 is 14.3 Å². The SMILES string of the molecule is O=C(CBr)N1CCC[C@]23C(=O)O[C@H](CC=C12)[C@@H]3I. The smallest absolute Gasteiger partial charge is 0.319 e. The van der Waals surface area contributed by atoms with Crippen LogP contribution in [0.3, 0.4) is 0 Å². The van der Waals surface area contributed by atoms with Crippen LogP contribution in [0.25, 0.3) is 0 Å². The molecule has 0 aromatic carbocycles. The summed E-state index contributed by atoms with van der Waals surface area (Å²) in [5.74, 6) is -0.107. The summed E-state index contributed by atoms with van der Waals surface area (Å²) >= 11 is 5.53. The van der Waals surface area contributed by atoms with E-state index in [1.807, 2.05) is 6.08 Å². The fraction of sp³-hybridized carbons (Fsp3) is 0.667. The van der Waals surface area contributed by atoms with Gasteiger partial charge in [-0.1, -0.05) is 44.6 Å². The first-order valence-electron chi connectivity index (χ1n) is 6.03. The van der Waals surface area contributed by atoms with Gasteiger partial charge in [-0.3, -0.25) is 9.59 Å². The summed E-state index contributed by atoms with van der Waals surface area (Å²) in [4.78, 5) is 26.0. The molecule has 4 nitrogen and oxygen atoms in total. The number of piperidine rings is 1. The molecule has 3 aliphatic rings. The molecule has 0 aromatic rings. The highest BCUT2D eigenvalue weighted by Crippen LogP contribution is 2.55. The minimum atomic E-state index is -0.570. The molecule has 18 heavy (non-hydrogen) atoms. The molecular formula is C12H13BrINO3. The van der Waals surface area contributed by atoms with Gasteiger partial charge in [-0.2, -0.15) is 0 Å². The van der Waals surface area contributed by atoms with Crippen LogP contribution in [0.15, 0.2) is 11.8 Å². The third-order valence-electron chi connectivity index (χ3n) is 4.08. The lowest BCUT2D eigenvalue weighted by atomic mass is 9.71. The van der Waals surface area contributed by atoms with Crippen molar-refractivity contribution in [2.24, 2.45) is 5.41 Å². The van der Waals surface area contributed by atoms with Gasteiger partial charge in [-0.15, -0.1) is 0 Å². The molecule has 1 amide bonds. The van der Waals surface area contributed by atoms with E-state index >= 15 is 0 Å². The van der Waals surface area contributed by atoms with Gasteiger partial charge in [0, 0.05) is 18.7 Å². The van der Waals surface area contributed by atoms with Crippen molar-refractivity contribution in [1.29, 1.82) is 0 Å². The first kappa shape index (κ1) is 12.9. The molecule has 0 saturated carbocycles. The Kier molecular flexibility index (Phi) is 3.20. The molecule has 98 valence electrons. The monoisotopic (exact) mass is 425 g/mol. The van der Waals surface area contributed by atoms with Gasteiger partial charge in [0.2, 0.25) is 5.91 Å². The minimum Gasteiger partial charge on any atom is -0.460 e. The van der Waals surface area contributed by atoms with Crippen LogP contribution in [0.2, 0.25) is 0 Å². The molecule has 0 unspecified atom stereocenters. The van der Waals surface area contributed by atoms with Gasteiger partial charge in [-0.25, -0.2) is 0 Å². The van der Waals surface area contributed by atoms with Gasteiger partial charge in [0.15, 0.2) is 0 Å². The normalized spacial score (nSPS) is 38.0. The summed E-state index contributed by atoms with van der Waals surface area (Å²) in [5, 5.41) is 0.296. The number of esters is 1. The van der Waals surface area contributed by atoms with Crippen LogP contribution in [0.1, 0.15) is 19.3 Å². The highest BCUT2D eigenvalue weighted by Gasteiger charge is 2.62. The second-order valence-corrected chi connectivity index (χ2v) is 6.83. The zero-order valence-corrected chi connectivity index (χ0v) is 13.4. The van der Waals surface area contributed by atoms with E-state index in [0.29, 0.717) is 11.9 Å². The number of amides is 1. The molecule has 2 saturated heterocycles. The number of halogens is 2. The summed E-state index contributed by atoms with van der Waals surface area (Å²) < 4.78 is 5.62. The fourth-order valence-corrected chi connectivity index (χ4v) is 4.87. The number of likely N-dealkylation sites (tertiary alicyclic amines) is 1. The molecule has 6 heteroatoms. The second kappa shape index (κ2) is 4.47. The lowest BCUT2D eigenvalue weighted by molar-refractivity contribution is -0.148. The molecule has 0 N–H and O–H groups in total. The van der Waals surface area contributed by atoms with E-state index in [4.69, 9.17) is 4.74 Å². The number of carbonyl (C=O) groups is 2. The van der Waals surface area contributed by atoms with E-state index in [2.05, 4.69) is 38.5 Å². The van der Waals surface area contributed by atoms with Gasteiger partial charge in [0.1, 0.15) is 11.5 Å². The summed E-state index contributed by atoms with van der Waals surface area (Å²) in [7, 11) is 0. The first-order valence-corrected chi connectivity index (χ1v) is 8.40. The summed E-state index contributed by atoms with van der Waals surface area (Å²) in [5.41, 5.74) is 0.316. The Hall–Kier alpha value is -0.110. The maximum Gasteiger partial charge on any atom is 0.319 e. The Balaban J connectivity index is 2.06. The average molecular weight is 426 g/mol. The number of nitrogens with zero attached hydrogens (tertiary/aromatic N) is 1. The van der Waals surface area contributed by atoms with Crippen LogP contribution in [0.5, 0.6) is 0 Å². The Morgan fingerprint density at radius 1 is 1.67 bits per heavy atom. The van der Waals surface area contributed by atoms with Crippen LogP contribution in [0.4, 0.5) is 0 Å². The molecule has 0 radical (unpaired) electrons. The molecule has 1 spiro atoms. The Labute approximate surface area is 127 Å². The fourth-order valence-electron chi connectivity index (χ4n) is 3.24.